The number of carboxylic acids is 1. The van der Waals surface area contributed by atoms with Gasteiger partial charge in [-0.05, 0) is 11.3 Å². The summed E-state index contributed by atoms with van der Waals surface area (Å²) in [5, 5.41) is 13.9. The Kier molecular flexibility index (Phi) is 7.93. The molecular formula is C11H26N4O2. The van der Waals surface area contributed by atoms with E-state index in [0.29, 0.717) is 6.67 Å². The molecule has 102 valence electrons. The minimum atomic E-state index is -1.25. The molecule has 0 unspecified atom stereocenters. The lowest BCUT2D eigenvalue weighted by Crippen LogP contribution is -2.66. The SMILES string of the molecule is CC[C@@H](C)[C@@](N)(C(=O)[O-])C(C)(C)C.N=NC[NH3+]. The quantitative estimate of drug-likeness (QED) is 0.591. The summed E-state index contributed by atoms with van der Waals surface area (Å²) in [5.41, 5.74) is 13.4. The van der Waals surface area contributed by atoms with Crippen molar-refractivity contribution in [1.29, 1.82) is 5.53 Å². The van der Waals surface area contributed by atoms with Gasteiger partial charge in [-0.15, -0.1) is 5.11 Å². The summed E-state index contributed by atoms with van der Waals surface area (Å²) < 4.78 is 0. The van der Waals surface area contributed by atoms with Gasteiger partial charge in [0, 0.05) is 0 Å². The van der Waals surface area contributed by atoms with Gasteiger partial charge in [-0.25, -0.2) is 5.53 Å². The summed E-state index contributed by atoms with van der Waals surface area (Å²) in [6.45, 7) is 9.63. The molecule has 0 spiro atoms. The number of nitrogens with two attached hydrogens (primary N) is 1. The summed E-state index contributed by atoms with van der Waals surface area (Å²) in [7, 11) is 0. The third kappa shape index (κ3) is 4.79. The number of carbonyl (C=O) groups excluding carboxylic acids is 1. The van der Waals surface area contributed by atoms with Crippen LogP contribution >= 0.6 is 0 Å². The van der Waals surface area contributed by atoms with Crippen molar-refractivity contribution < 1.29 is 15.6 Å². The molecule has 17 heavy (non-hydrogen) atoms. The van der Waals surface area contributed by atoms with Crippen molar-refractivity contribution in [3.63, 3.8) is 0 Å². The lowest BCUT2D eigenvalue weighted by atomic mass is 9.66. The second kappa shape index (κ2) is 7.34. The normalized spacial score (nSPS) is 16.2. The average molecular weight is 246 g/mol. The Morgan fingerprint density at radius 1 is 1.53 bits per heavy atom. The van der Waals surface area contributed by atoms with Crippen LogP contribution in [0.1, 0.15) is 41.0 Å². The molecule has 0 aromatic carbocycles. The summed E-state index contributed by atoms with van der Waals surface area (Å²) in [5.74, 6) is -1.24. The molecule has 6 N–H and O–H groups in total. The van der Waals surface area contributed by atoms with Crippen LogP contribution in [0.4, 0.5) is 0 Å². The number of quaternary nitrogens is 1. The van der Waals surface area contributed by atoms with Crippen molar-refractivity contribution >= 4 is 5.97 Å². The maximum atomic E-state index is 11.0. The Morgan fingerprint density at radius 2 is 1.88 bits per heavy atom. The number of carboxylic acid groups (broad SMARTS) is 1. The monoisotopic (exact) mass is 246 g/mol. The zero-order valence-electron chi connectivity index (χ0n) is 11.5. The van der Waals surface area contributed by atoms with E-state index >= 15 is 0 Å². The van der Waals surface area contributed by atoms with Crippen molar-refractivity contribution in [3.05, 3.63) is 0 Å². The number of rotatable bonds is 4. The van der Waals surface area contributed by atoms with Crippen LogP contribution in [-0.2, 0) is 4.79 Å². The van der Waals surface area contributed by atoms with Crippen molar-refractivity contribution in [2.75, 3.05) is 6.67 Å². The molecule has 0 rings (SSSR count). The zero-order valence-corrected chi connectivity index (χ0v) is 11.5. The Balaban J connectivity index is 0. The Morgan fingerprint density at radius 3 is 1.94 bits per heavy atom. The molecule has 0 aromatic rings. The van der Waals surface area contributed by atoms with Crippen LogP contribution in [0.25, 0.3) is 0 Å². The second-order valence-corrected chi connectivity index (χ2v) is 5.10. The maximum absolute atomic E-state index is 11.0. The van der Waals surface area contributed by atoms with Crippen molar-refractivity contribution in [2.24, 2.45) is 22.2 Å². The van der Waals surface area contributed by atoms with Gasteiger partial charge >= 0.3 is 0 Å². The van der Waals surface area contributed by atoms with Crippen LogP contribution in [0.15, 0.2) is 5.11 Å². The molecule has 2 atom stereocenters. The summed E-state index contributed by atoms with van der Waals surface area (Å²) in [6, 6.07) is 0. The first-order valence-electron chi connectivity index (χ1n) is 5.72. The number of nitrogens with one attached hydrogen (secondary N) is 1. The third-order valence-corrected chi connectivity index (χ3v) is 3.08. The van der Waals surface area contributed by atoms with Crippen LogP contribution in [0.5, 0.6) is 0 Å². The molecule has 6 heteroatoms. The van der Waals surface area contributed by atoms with Gasteiger partial charge in [0.05, 0.1) is 11.5 Å². The zero-order chi connectivity index (χ0) is 14.3. The van der Waals surface area contributed by atoms with E-state index in [1.54, 1.807) is 0 Å². The highest BCUT2D eigenvalue weighted by Gasteiger charge is 2.43. The first-order valence-corrected chi connectivity index (χ1v) is 5.72. The van der Waals surface area contributed by atoms with Crippen LogP contribution < -0.4 is 16.6 Å². The molecule has 0 aliphatic rings. The highest BCUT2D eigenvalue weighted by atomic mass is 16.4. The molecular weight excluding hydrogens is 220 g/mol. The van der Waals surface area contributed by atoms with E-state index in [0.717, 1.165) is 6.42 Å². The van der Waals surface area contributed by atoms with E-state index < -0.39 is 16.9 Å². The van der Waals surface area contributed by atoms with Gasteiger partial charge in [-0.1, -0.05) is 41.0 Å². The van der Waals surface area contributed by atoms with Crippen LogP contribution in [-0.4, -0.2) is 18.2 Å². The smallest absolute Gasteiger partial charge is 0.187 e. The molecule has 0 aliphatic carbocycles. The van der Waals surface area contributed by atoms with E-state index in [4.69, 9.17) is 11.3 Å². The average Bonchev–Trinajstić information content (AvgIpc) is 2.25. The largest absolute Gasteiger partial charge is 0.548 e. The standard InChI is InChI=1S/C10H21NO2.CH5N3/c1-6-7(2)10(11,8(12)13)9(3,4)5;2-1-4-3/h7H,6,11H2,1-5H3,(H,12,13);3H,1-2H2/t7-,10-;/m1./s1. The molecule has 0 saturated carbocycles. The van der Waals surface area contributed by atoms with Crippen molar-refractivity contribution in [1.82, 2.24) is 0 Å². The summed E-state index contributed by atoms with van der Waals surface area (Å²) in [4.78, 5) is 11.0. The number of carbonyl (C=O) groups is 1. The van der Waals surface area contributed by atoms with Crippen LogP contribution in [0.2, 0.25) is 0 Å². The Bertz CT molecular complexity index is 250. The minimum Gasteiger partial charge on any atom is -0.548 e. The van der Waals surface area contributed by atoms with Crippen molar-refractivity contribution in [2.45, 2.75) is 46.6 Å². The minimum absolute atomic E-state index is 0.0856. The molecule has 0 heterocycles. The topological polar surface area (TPSA) is 130 Å². The molecule has 0 bridgehead atoms. The van der Waals surface area contributed by atoms with E-state index in [1.165, 1.54) is 0 Å². The lowest BCUT2D eigenvalue weighted by Gasteiger charge is -2.46. The van der Waals surface area contributed by atoms with E-state index in [2.05, 4.69) is 10.8 Å². The van der Waals surface area contributed by atoms with E-state index in [1.807, 2.05) is 34.6 Å². The van der Waals surface area contributed by atoms with Gasteiger partial charge in [0.15, 0.2) is 6.67 Å². The molecule has 6 nitrogen and oxygen atoms in total. The number of nitrogens with zero attached hydrogens (tertiary/aromatic N) is 1. The fraction of sp³-hybridized carbons (Fsp3) is 0.909. The number of aliphatic carboxylic acids is 1. The van der Waals surface area contributed by atoms with Crippen molar-refractivity contribution in [3.8, 4) is 0 Å². The summed E-state index contributed by atoms with van der Waals surface area (Å²) >= 11 is 0. The molecule has 0 aromatic heterocycles. The maximum Gasteiger partial charge on any atom is 0.187 e. The fourth-order valence-electron chi connectivity index (χ4n) is 1.57. The lowest BCUT2D eigenvalue weighted by molar-refractivity contribution is -0.366. The Hall–Kier alpha value is -1.01. The highest BCUT2D eigenvalue weighted by molar-refractivity contribution is 5.78. The molecule has 0 saturated heterocycles. The molecule has 0 aliphatic heterocycles. The molecule has 0 radical (unpaired) electrons. The van der Waals surface area contributed by atoms with Gasteiger partial charge in [-0.3, -0.25) is 0 Å². The van der Waals surface area contributed by atoms with Crippen LogP contribution in [0.3, 0.4) is 0 Å². The van der Waals surface area contributed by atoms with Gasteiger partial charge in [0.25, 0.3) is 0 Å². The number of hydrogen-bond donors (Lipinski definition) is 3. The number of hydrogen-bond acceptors (Lipinski definition) is 5. The second-order valence-electron chi connectivity index (χ2n) is 5.10. The van der Waals surface area contributed by atoms with Gasteiger partial charge in [-0.2, -0.15) is 0 Å². The highest BCUT2D eigenvalue weighted by Crippen LogP contribution is 2.35. The van der Waals surface area contributed by atoms with Gasteiger partial charge in [0.2, 0.25) is 0 Å². The first-order chi connectivity index (χ1) is 7.59. The fourth-order valence-corrected chi connectivity index (χ4v) is 1.57. The van der Waals surface area contributed by atoms with Crippen LogP contribution in [0, 0.1) is 16.9 Å². The predicted molar refractivity (Wildman–Crippen MR) is 63.7 cm³/mol. The van der Waals surface area contributed by atoms with E-state index in [-0.39, 0.29) is 5.92 Å². The summed E-state index contributed by atoms with van der Waals surface area (Å²) in [6.07, 6.45) is 0.738. The van der Waals surface area contributed by atoms with Gasteiger partial charge in [0.1, 0.15) is 0 Å². The molecule has 0 amide bonds. The third-order valence-electron chi connectivity index (χ3n) is 3.08. The Labute approximate surface area is 103 Å². The molecule has 0 fully saturated rings. The predicted octanol–water partition coefficient (Wildman–Crippen LogP) is -0.257. The first kappa shape index (κ1) is 18.4. The van der Waals surface area contributed by atoms with E-state index in [9.17, 15) is 9.90 Å². The van der Waals surface area contributed by atoms with Gasteiger partial charge < -0.3 is 21.4 Å².